The molecule has 3 aromatic heterocycles. The third-order valence-corrected chi connectivity index (χ3v) is 4.79. The highest BCUT2D eigenvalue weighted by Crippen LogP contribution is 2.23. The van der Waals surface area contributed by atoms with Crippen LogP contribution in [0.3, 0.4) is 0 Å². The Balaban J connectivity index is 1.56. The molecule has 4 rings (SSSR count). The van der Waals surface area contributed by atoms with Crippen LogP contribution in [0.1, 0.15) is 11.3 Å². The van der Waals surface area contributed by atoms with E-state index in [9.17, 15) is 0 Å². The Kier molecular flexibility index (Phi) is 6.25. The molecule has 1 N–H and O–H groups in total. The Morgan fingerprint density at radius 2 is 1.67 bits per heavy atom. The van der Waals surface area contributed by atoms with Crippen molar-refractivity contribution in [1.29, 1.82) is 0 Å². The lowest BCUT2D eigenvalue weighted by atomic mass is 10.1. The van der Waals surface area contributed by atoms with E-state index in [4.69, 9.17) is 9.97 Å². The maximum absolute atomic E-state index is 4.82. The Morgan fingerprint density at radius 3 is 2.43 bits per heavy atom. The molecule has 6 nitrogen and oxygen atoms in total. The molecule has 0 aliphatic carbocycles. The van der Waals surface area contributed by atoms with E-state index in [-0.39, 0.29) is 0 Å². The van der Waals surface area contributed by atoms with Crippen LogP contribution in [0.4, 0.5) is 11.8 Å². The zero-order valence-corrected chi connectivity index (χ0v) is 16.9. The van der Waals surface area contributed by atoms with E-state index in [1.165, 1.54) is 5.56 Å². The average Bonchev–Trinajstić information content (AvgIpc) is 2.83. The maximum atomic E-state index is 4.82. The normalized spacial score (nSPS) is 10.6. The molecule has 30 heavy (non-hydrogen) atoms. The lowest BCUT2D eigenvalue weighted by molar-refractivity contribution is 0.837. The Hall–Kier alpha value is -3.80. The molecule has 0 saturated heterocycles. The van der Waals surface area contributed by atoms with E-state index in [1.807, 2.05) is 74.0 Å². The summed E-state index contributed by atoms with van der Waals surface area (Å²) in [5.41, 5.74) is 4.15. The number of rotatable bonds is 8. The minimum atomic E-state index is 0.603. The largest absolute Gasteiger partial charge is 0.364 e. The summed E-state index contributed by atoms with van der Waals surface area (Å²) in [6, 6.07) is 22.1. The maximum Gasteiger partial charge on any atom is 0.227 e. The van der Waals surface area contributed by atoms with E-state index in [0.29, 0.717) is 12.5 Å². The van der Waals surface area contributed by atoms with Crippen molar-refractivity contribution in [3.8, 4) is 11.3 Å². The van der Waals surface area contributed by atoms with Gasteiger partial charge in [-0.1, -0.05) is 36.4 Å². The molecule has 0 saturated carbocycles. The van der Waals surface area contributed by atoms with Crippen LogP contribution in [-0.4, -0.2) is 33.5 Å². The van der Waals surface area contributed by atoms with Crippen LogP contribution in [-0.2, 0) is 13.0 Å². The first kappa shape index (κ1) is 19.5. The molecule has 0 amide bonds. The van der Waals surface area contributed by atoms with Crippen LogP contribution in [0.15, 0.2) is 85.3 Å². The molecule has 0 radical (unpaired) electrons. The van der Waals surface area contributed by atoms with Gasteiger partial charge in [-0.25, -0.2) is 4.98 Å². The van der Waals surface area contributed by atoms with Gasteiger partial charge in [0.25, 0.3) is 0 Å². The zero-order chi connectivity index (χ0) is 20.6. The number of benzene rings is 1. The van der Waals surface area contributed by atoms with Gasteiger partial charge in [0.05, 0.1) is 17.9 Å². The smallest absolute Gasteiger partial charge is 0.227 e. The third kappa shape index (κ3) is 5.17. The predicted octanol–water partition coefficient (Wildman–Crippen LogP) is 4.22. The molecule has 0 spiro atoms. The number of aromatic nitrogens is 4. The fourth-order valence-corrected chi connectivity index (χ4v) is 3.08. The van der Waals surface area contributed by atoms with Gasteiger partial charge in [0.1, 0.15) is 5.82 Å². The second-order valence-electron chi connectivity index (χ2n) is 7.01. The molecule has 0 atom stereocenters. The summed E-state index contributed by atoms with van der Waals surface area (Å²) in [5, 5.41) is 3.39. The van der Waals surface area contributed by atoms with Gasteiger partial charge in [-0.2, -0.15) is 4.98 Å². The Bertz CT molecular complexity index is 1050. The molecule has 4 aromatic rings. The molecule has 150 valence electrons. The molecule has 0 aliphatic rings. The van der Waals surface area contributed by atoms with Gasteiger partial charge in [-0.05, 0) is 36.2 Å². The van der Waals surface area contributed by atoms with Crippen LogP contribution in [0.2, 0.25) is 0 Å². The van der Waals surface area contributed by atoms with Crippen molar-refractivity contribution in [3.63, 3.8) is 0 Å². The molecular weight excluding hydrogens is 372 g/mol. The van der Waals surface area contributed by atoms with Crippen molar-refractivity contribution in [2.75, 3.05) is 23.8 Å². The molecule has 0 bridgehead atoms. The van der Waals surface area contributed by atoms with Gasteiger partial charge in [-0.15, -0.1) is 0 Å². The SMILES string of the molecule is CN(CCc1ccncc1)c1nc(NCc2ccccn2)cc(-c2ccccc2)n1. The van der Waals surface area contributed by atoms with Crippen LogP contribution in [0, 0.1) is 0 Å². The number of nitrogens with zero attached hydrogens (tertiary/aromatic N) is 5. The summed E-state index contributed by atoms with van der Waals surface area (Å²) < 4.78 is 0. The summed E-state index contributed by atoms with van der Waals surface area (Å²) in [6.45, 7) is 1.41. The number of nitrogens with one attached hydrogen (secondary N) is 1. The van der Waals surface area contributed by atoms with Crippen molar-refractivity contribution in [2.45, 2.75) is 13.0 Å². The molecule has 6 heteroatoms. The fourth-order valence-electron chi connectivity index (χ4n) is 3.08. The Labute approximate surface area is 176 Å². The second kappa shape index (κ2) is 9.60. The standard InChI is InChI=1S/C24H24N6/c1-30(16-12-19-10-14-25-15-11-19)24-28-22(20-7-3-2-4-8-20)17-23(29-24)27-18-21-9-5-6-13-26-21/h2-11,13-15,17H,12,16,18H2,1H3,(H,27,28,29). The van der Waals surface area contributed by atoms with Crippen LogP contribution in [0.25, 0.3) is 11.3 Å². The third-order valence-electron chi connectivity index (χ3n) is 4.79. The summed E-state index contributed by atoms with van der Waals surface area (Å²) >= 11 is 0. The number of hydrogen-bond donors (Lipinski definition) is 1. The van der Waals surface area contributed by atoms with Crippen molar-refractivity contribution in [2.24, 2.45) is 0 Å². The van der Waals surface area contributed by atoms with Gasteiger partial charge < -0.3 is 10.2 Å². The number of anilines is 2. The highest BCUT2D eigenvalue weighted by atomic mass is 15.2. The van der Waals surface area contributed by atoms with Gasteiger partial charge in [-0.3, -0.25) is 9.97 Å². The number of likely N-dealkylation sites (N-methyl/N-ethyl adjacent to an activating group) is 1. The first-order valence-electron chi connectivity index (χ1n) is 9.96. The van der Waals surface area contributed by atoms with Crippen LogP contribution in [0.5, 0.6) is 0 Å². The molecule has 3 heterocycles. The average molecular weight is 396 g/mol. The van der Waals surface area contributed by atoms with Gasteiger partial charge in [0.2, 0.25) is 5.95 Å². The monoisotopic (exact) mass is 396 g/mol. The van der Waals surface area contributed by atoms with Gasteiger partial charge in [0, 0.05) is 43.8 Å². The zero-order valence-electron chi connectivity index (χ0n) is 16.9. The van der Waals surface area contributed by atoms with Gasteiger partial charge in [0.15, 0.2) is 0 Å². The molecule has 1 aromatic carbocycles. The number of pyridine rings is 2. The minimum Gasteiger partial charge on any atom is -0.364 e. The lowest BCUT2D eigenvalue weighted by Gasteiger charge is -2.19. The quantitative estimate of drug-likeness (QED) is 0.481. The number of hydrogen-bond acceptors (Lipinski definition) is 6. The van der Waals surface area contributed by atoms with E-state index in [1.54, 1.807) is 6.20 Å². The first-order chi connectivity index (χ1) is 14.8. The van der Waals surface area contributed by atoms with Crippen LogP contribution < -0.4 is 10.2 Å². The minimum absolute atomic E-state index is 0.603. The molecule has 0 aliphatic heterocycles. The molecule has 0 fully saturated rings. The van der Waals surface area contributed by atoms with E-state index in [2.05, 4.69) is 32.3 Å². The fraction of sp³-hybridized carbons (Fsp3) is 0.167. The molecule has 0 unspecified atom stereocenters. The van der Waals surface area contributed by atoms with Crippen molar-refractivity contribution in [3.05, 3.63) is 96.6 Å². The summed E-state index contributed by atoms with van der Waals surface area (Å²) in [4.78, 5) is 20.1. The van der Waals surface area contributed by atoms with E-state index in [0.717, 1.165) is 35.7 Å². The van der Waals surface area contributed by atoms with Gasteiger partial charge >= 0.3 is 0 Å². The van der Waals surface area contributed by atoms with E-state index < -0.39 is 0 Å². The summed E-state index contributed by atoms with van der Waals surface area (Å²) in [5.74, 6) is 1.47. The predicted molar refractivity (Wildman–Crippen MR) is 120 cm³/mol. The second-order valence-corrected chi connectivity index (χ2v) is 7.01. The highest BCUT2D eigenvalue weighted by Gasteiger charge is 2.11. The first-order valence-corrected chi connectivity index (χ1v) is 9.96. The summed E-state index contributed by atoms with van der Waals surface area (Å²) in [6.07, 6.45) is 6.34. The Morgan fingerprint density at radius 1 is 0.867 bits per heavy atom. The topological polar surface area (TPSA) is 66.8 Å². The van der Waals surface area contributed by atoms with Crippen molar-refractivity contribution < 1.29 is 0 Å². The van der Waals surface area contributed by atoms with Crippen molar-refractivity contribution in [1.82, 2.24) is 19.9 Å². The van der Waals surface area contributed by atoms with E-state index >= 15 is 0 Å². The lowest BCUT2D eigenvalue weighted by Crippen LogP contribution is -2.23. The summed E-state index contributed by atoms with van der Waals surface area (Å²) in [7, 11) is 2.02. The molecular formula is C24H24N6. The van der Waals surface area contributed by atoms with Crippen molar-refractivity contribution >= 4 is 11.8 Å². The van der Waals surface area contributed by atoms with Crippen LogP contribution >= 0.6 is 0 Å². The highest BCUT2D eigenvalue weighted by molar-refractivity contribution is 5.64.